The molecule has 2 aliphatic rings. The third kappa shape index (κ3) is 4.11. The average Bonchev–Trinajstić information content (AvgIpc) is 3.44. The number of rotatable bonds is 6. The van der Waals surface area contributed by atoms with E-state index in [1.54, 1.807) is 0 Å². The molecule has 1 saturated carbocycles. The number of halogens is 1. The quantitative estimate of drug-likeness (QED) is 0.343. The largest absolute Gasteiger partial charge is 0.504 e. The Bertz CT molecular complexity index is 1070. The van der Waals surface area contributed by atoms with Crippen LogP contribution in [0, 0.1) is 11.7 Å². The monoisotopic (exact) mass is 442 g/mol. The lowest BCUT2D eigenvalue weighted by Crippen LogP contribution is -2.48. The maximum absolute atomic E-state index is 13.2. The average molecular weight is 442 g/mol. The Labute approximate surface area is 183 Å². The number of aromatic hydroxyl groups is 3. The van der Waals surface area contributed by atoms with Crippen LogP contribution in [0.4, 0.5) is 4.39 Å². The summed E-state index contributed by atoms with van der Waals surface area (Å²) in [5.41, 5.74) is 0.684. The molecule has 1 saturated heterocycles. The summed E-state index contributed by atoms with van der Waals surface area (Å²) in [6, 6.07) is 6.48. The number of carbonyl (C=O) groups is 2. The van der Waals surface area contributed by atoms with E-state index in [9.17, 15) is 34.4 Å². The topological polar surface area (TPSA) is 130 Å². The van der Waals surface area contributed by atoms with Gasteiger partial charge in [0, 0.05) is 17.7 Å². The Balaban J connectivity index is 1.48. The van der Waals surface area contributed by atoms with Crippen molar-refractivity contribution in [1.29, 1.82) is 0 Å². The molecule has 0 bridgehead atoms. The van der Waals surface area contributed by atoms with E-state index in [-0.39, 0.29) is 24.1 Å². The molecule has 0 spiro atoms. The van der Waals surface area contributed by atoms with Gasteiger partial charge < -0.3 is 30.6 Å². The maximum Gasteiger partial charge on any atom is 0.247 e. The summed E-state index contributed by atoms with van der Waals surface area (Å²) >= 11 is 0. The molecule has 4 atom stereocenters. The third-order valence-electron chi connectivity index (χ3n) is 6.00. The first-order valence-corrected chi connectivity index (χ1v) is 10.2. The minimum absolute atomic E-state index is 0.0527. The number of aliphatic hydroxyl groups excluding tert-OH is 1. The number of carbonyl (C=O) groups excluding carboxylic acids is 2. The number of piperidine rings is 1. The number of likely N-dealkylation sites (tertiary alicyclic amines) is 1. The first-order valence-electron chi connectivity index (χ1n) is 10.2. The fraction of sp³-hybridized carbons (Fsp3) is 0.304. The highest BCUT2D eigenvalue weighted by Crippen LogP contribution is 2.48. The second-order valence-corrected chi connectivity index (χ2v) is 8.06. The van der Waals surface area contributed by atoms with Gasteiger partial charge in [-0.3, -0.25) is 9.59 Å². The van der Waals surface area contributed by atoms with Gasteiger partial charge in [-0.2, -0.15) is 0 Å². The van der Waals surface area contributed by atoms with E-state index in [1.807, 2.05) is 0 Å². The number of aliphatic hydroxyl groups is 1. The van der Waals surface area contributed by atoms with Crippen molar-refractivity contribution in [3.05, 3.63) is 59.4 Å². The number of phenolic OH excluding ortho intramolecular Hbond substituents is 3. The van der Waals surface area contributed by atoms with Crippen molar-refractivity contribution in [2.45, 2.75) is 31.0 Å². The molecule has 0 aromatic heterocycles. The highest BCUT2D eigenvalue weighted by atomic mass is 19.1. The molecule has 32 heavy (non-hydrogen) atoms. The predicted octanol–water partition coefficient (Wildman–Crippen LogP) is 1.79. The van der Waals surface area contributed by atoms with Crippen molar-refractivity contribution >= 4 is 17.9 Å². The Morgan fingerprint density at radius 1 is 1.09 bits per heavy atom. The smallest absolute Gasteiger partial charge is 0.247 e. The van der Waals surface area contributed by atoms with Crippen LogP contribution in [0.2, 0.25) is 0 Å². The Hall–Kier alpha value is -3.59. The Kier molecular flexibility index (Phi) is 5.75. The van der Waals surface area contributed by atoms with E-state index in [1.165, 1.54) is 53.5 Å². The summed E-state index contributed by atoms with van der Waals surface area (Å²) < 4.78 is 13.2. The fourth-order valence-electron chi connectivity index (χ4n) is 4.17. The number of hydrogen-bond donors (Lipinski definition) is 5. The lowest BCUT2D eigenvalue weighted by molar-refractivity contribution is -0.136. The van der Waals surface area contributed by atoms with Crippen LogP contribution in [0.3, 0.4) is 0 Å². The zero-order chi connectivity index (χ0) is 23.0. The summed E-state index contributed by atoms with van der Waals surface area (Å²) in [5.74, 6) is -2.76. The standard InChI is InChI=1S/C23H23FN2O6/c24-15-5-1-12(2-6-15)16(11-27)25-23(32)18-10-14-9-17(14)26(18)20(29)8-4-13-3-7-19(28)22(31)21(13)30/h1-8,14,16-18,27-28,30-31H,9-11H2,(H,25,32)/b8-4+/t14-,16?,17-,18-/m1/s1. The fourth-order valence-corrected chi connectivity index (χ4v) is 4.17. The van der Waals surface area contributed by atoms with Gasteiger partial charge in [-0.1, -0.05) is 12.1 Å². The molecule has 1 aliphatic heterocycles. The molecule has 2 aromatic rings. The second-order valence-electron chi connectivity index (χ2n) is 8.06. The zero-order valence-electron chi connectivity index (χ0n) is 17.0. The van der Waals surface area contributed by atoms with Crippen molar-refractivity contribution in [2.75, 3.05) is 6.61 Å². The first kappa shape index (κ1) is 21.6. The van der Waals surface area contributed by atoms with Gasteiger partial charge >= 0.3 is 0 Å². The molecule has 9 heteroatoms. The van der Waals surface area contributed by atoms with Crippen LogP contribution in [0.1, 0.15) is 30.0 Å². The van der Waals surface area contributed by atoms with Crippen LogP contribution in [-0.2, 0) is 9.59 Å². The molecule has 2 aromatic carbocycles. The third-order valence-corrected chi connectivity index (χ3v) is 6.00. The highest BCUT2D eigenvalue weighted by Gasteiger charge is 2.55. The van der Waals surface area contributed by atoms with Crippen molar-refractivity contribution < 1.29 is 34.4 Å². The molecule has 5 N–H and O–H groups in total. The van der Waals surface area contributed by atoms with E-state index in [0.29, 0.717) is 12.0 Å². The minimum atomic E-state index is -0.732. The molecule has 2 fully saturated rings. The molecule has 1 heterocycles. The number of fused-ring (bicyclic) bond motifs is 1. The van der Waals surface area contributed by atoms with Crippen molar-refractivity contribution in [3.8, 4) is 17.2 Å². The normalized spacial score (nSPS) is 22.6. The highest BCUT2D eigenvalue weighted by molar-refractivity contribution is 5.97. The number of nitrogens with zero attached hydrogens (tertiary/aromatic N) is 1. The molecule has 0 radical (unpaired) electrons. The summed E-state index contributed by atoms with van der Waals surface area (Å²) in [5, 5.41) is 41.4. The molecule has 168 valence electrons. The number of benzene rings is 2. The van der Waals surface area contributed by atoms with Crippen LogP contribution in [0.5, 0.6) is 17.2 Å². The first-order chi connectivity index (χ1) is 15.3. The number of nitrogens with one attached hydrogen (secondary N) is 1. The van der Waals surface area contributed by atoms with E-state index in [0.717, 1.165) is 6.42 Å². The van der Waals surface area contributed by atoms with Gasteiger partial charge in [0.25, 0.3) is 0 Å². The van der Waals surface area contributed by atoms with Crippen LogP contribution < -0.4 is 5.32 Å². The predicted molar refractivity (Wildman–Crippen MR) is 112 cm³/mol. The lowest BCUT2D eigenvalue weighted by atomic mass is 10.1. The van der Waals surface area contributed by atoms with Gasteiger partial charge in [0.1, 0.15) is 11.9 Å². The molecular formula is C23H23FN2O6. The zero-order valence-corrected chi connectivity index (χ0v) is 17.0. The summed E-state index contributed by atoms with van der Waals surface area (Å²) in [4.78, 5) is 27.3. The molecule has 2 amide bonds. The van der Waals surface area contributed by atoms with Crippen molar-refractivity contribution in [1.82, 2.24) is 10.2 Å². The van der Waals surface area contributed by atoms with Gasteiger partial charge in [0.2, 0.25) is 17.6 Å². The molecule has 1 aliphatic carbocycles. The number of amides is 2. The second kappa shape index (κ2) is 8.51. The number of hydrogen-bond acceptors (Lipinski definition) is 6. The van der Waals surface area contributed by atoms with Crippen LogP contribution in [-0.4, -0.2) is 55.8 Å². The van der Waals surface area contributed by atoms with Crippen molar-refractivity contribution in [2.24, 2.45) is 5.92 Å². The SMILES string of the molecule is O=C(NC(CO)c1ccc(F)cc1)[C@H]1C[C@H]2C[C@H]2N1C(=O)/C=C/c1ccc(O)c(O)c1O. The molecule has 1 unspecified atom stereocenters. The van der Waals surface area contributed by atoms with Gasteiger partial charge in [0.15, 0.2) is 11.5 Å². The van der Waals surface area contributed by atoms with Crippen LogP contribution in [0.25, 0.3) is 6.08 Å². The number of phenols is 3. The maximum atomic E-state index is 13.2. The minimum Gasteiger partial charge on any atom is -0.504 e. The Morgan fingerprint density at radius 2 is 1.81 bits per heavy atom. The van der Waals surface area contributed by atoms with Gasteiger partial charge in [-0.25, -0.2) is 4.39 Å². The van der Waals surface area contributed by atoms with Gasteiger partial charge in [-0.15, -0.1) is 0 Å². The van der Waals surface area contributed by atoms with Gasteiger partial charge in [-0.05, 0) is 54.7 Å². The van der Waals surface area contributed by atoms with E-state index >= 15 is 0 Å². The van der Waals surface area contributed by atoms with E-state index in [4.69, 9.17) is 0 Å². The van der Waals surface area contributed by atoms with E-state index in [2.05, 4.69) is 5.32 Å². The molecule has 8 nitrogen and oxygen atoms in total. The van der Waals surface area contributed by atoms with E-state index < -0.39 is 47.0 Å². The summed E-state index contributed by atoms with van der Waals surface area (Å²) in [6.07, 6.45) is 3.81. The molecular weight excluding hydrogens is 419 g/mol. The lowest BCUT2D eigenvalue weighted by Gasteiger charge is -2.27. The van der Waals surface area contributed by atoms with Gasteiger partial charge in [0.05, 0.1) is 12.6 Å². The van der Waals surface area contributed by atoms with Crippen LogP contribution in [0.15, 0.2) is 42.5 Å². The Morgan fingerprint density at radius 3 is 2.50 bits per heavy atom. The van der Waals surface area contributed by atoms with Crippen LogP contribution >= 0.6 is 0 Å². The molecule has 4 rings (SSSR count). The summed E-state index contributed by atoms with van der Waals surface area (Å²) in [7, 11) is 0. The van der Waals surface area contributed by atoms with Crippen molar-refractivity contribution in [3.63, 3.8) is 0 Å². The summed E-state index contributed by atoms with van der Waals surface area (Å²) in [6.45, 7) is -0.381.